The minimum absolute atomic E-state index is 0.108. The van der Waals surface area contributed by atoms with Gasteiger partial charge in [0.05, 0.1) is 23.9 Å². The van der Waals surface area contributed by atoms with Gasteiger partial charge in [-0.25, -0.2) is 14.0 Å². The van der Waals surface area contributed by atoms with Gasteiger partial charge in [0.25, 0.3) is 0 Å². The van der Waals surface area contributed by atoms with Crippen molar-refractivity contribution < 1.29 is 23.5 Å². The standard InChI is InChI=1S/C21H20ClFN2O4/c1-3-28-20(26)18-17(12-29-14-8-6-7-13(22)11-14)25(2)21(27)24-19(18)15-9-4-5-10-16(15)23/h4-11,19H,3,12H2,1-2H3,(H,24,27)/t19-/m1/s1. The summed E-state index contributed by atoms with van der Waals surface area (Å²) in [6.45, 7) is 1.69. The lowest BCUT2D eigenvalue weighted by Crippen LogP contribution is -2.48. The average molecular weight is 419 g/mol. The molecule has 0 saturated heterocycles. The summed E-state index contributed by atoms with van der Waals surface area (Å²) in [6.07, 6.45) is 0. The van der Waals surface area contributed by atoms with Gasteiger partial charge in [-0.05, 0) is 31.2 Å². The minimum atomic E-state index is -1.00. The first-order chi connectivity index (χ1) is 13.9. The van der Waals surface area contributed by atoms with Crippen LogP contribution in [0.25, 0.3) is 0 Å². The van der Waals surface area contributed by atoms with Crippen molar-refractivity contribution >= 4 is 23.6 Å². The van der Waals surface area contributed by atoms with Crippen molar-refractivity contribution in [3.8, 4) is 5.75 Å². The van der Waals surface area contributed by atoms with Crippen molar-refractivity contribution in [2.24, 2.45) is 0 Å². The Bertz CT molecular complexity index is 963. The third kappa shape index (κ3) is 4.51. The van der Waals surface area contributed by atoms with E-state index in [-0.39, 0.29) is 30.0 Å². The molecular weight excluding hydrogens is 399 g/mol. The number of likely N-dealkylation sites (N-methyl/N-ethyl adjacent to an activating group) is 1. The molecule has 29 heavy (non-hydrogen) atoms. The zero-order valence-electron chi connectivity index (χ0n) is 15.9. The number of benzene rings is 2. The SMILES string of the molecule is CCOC(=O)C1=C(COc2cccc(Cl)c2)N(C)C(=O)N[C@@H]1c1ccccc1F. The number of carbonyl (C=O) groups excluding carboxylic acids is 2. The summed E-state index contributed by atoms with van der Waals surface area (Å²) in [4.78, 5) is 26.5. The van der Waals surface area contributed by atoms with Crippen molar-refractivity contribution in [3.63, 3.8) is 0 Å². The van der Waals surface area contributed by atoms with Crippen molar-refractivity contribution in [1.82, 2.24) is 10.2 Å². The Hall–Kier alpha value is -3.06. The molecule has 1 aliphatic rings. The lowest BCUT2D eigenvalue weighted by atomic mass is 9.94. The molecule has 3 rings (SSSR count). The van der Waals surface area contributed by atoms with Gasteiger partial charge in [-0.1, -0.05) is 35.9 Å². The molecule has 2 amide bonds. The van der Waals surface area contributed by atoms with Crippen LogP contribution in [0.15, 0.2) is 59.8 Å². The Balaban J connectivity index is 2.05. The molecule has 1 atom stereocenters. The number of hydrogen-bond acceptors (Lipinski definition) is 4. The van der Waals surface area contributed by atoms with Crippen LogP contribution in [-0.4, -0.2) is 37.2 Å². The highest BCUT2D eigenvalue weighted by molar-refractivity contribution is 6.30. The summed E-state index contributed by atoms with van der Waals surface area (Å²) in [5.41, 5.74) is 0.554. The molecule has 2 aromatic carbocycles. The maximum Gasteiger partial charge on any atom is 0.338 e. The van der Waals surface area contributed by atoms with Crippen molar-refractivity contribution in [3.05, 3.63) is 76.2 Å². The van der Waals surface area contributed by atoms with Crippen LogP contribution in [0.5, 0.6) is 5.75 Å². The first-order valence-corrected chi connectivity index (χ1v) is 9.37. The number of rotatable bonds is 6. The normalized spacial score (nSPS) is 16.5. The van der Waals surface area contributed by atoms with Crippen molar-refractivity contribution in [1.29, 1.82) is 0 Å². The molecule has 1 heterocycles. The first kappa shape index (κ1) is 20.7. The van der Waals surface area contributed by atoms with Gasteiger partial charge in [0.1, 0.15) is 18.2 Å². The van der Waals surface area contributed by atoms with Crippen LogP contribution in [0.1, 0.15) is 18.5 Å². The fourth-order valence-corrected chi connectivity index (χ4v) is 3.21. The first-order valence-electron chi connectivity index (χ1n) is 8.99. The van der Waals surface area contributed by atoms with E-state index in [9.17, 15) is 14.0 Å². The Morgan fingerprint density at radius 2 is 2.00 bits per heavy atom. The fraction of sp³-hybridized carbons (Fsp3) is 0.238. The molecule has 1 aliphatic heterocycles. The summed E-state index contributed by atoms with van der Waals surface area (Å²) in [7, 11) is 1.50. The largest absolute Gasteiger partial charge is 0.487 e. The highest BCUT2D eigenvalue weighted by Gasteiger charge is 2.38. The van der Waals surface area contributed by atoms with Gasteiger partial charge in [-0.15, -0.1) is 0 Å². The lowest BCUT2D eigenvalue weighted by molar-refractivity contribution is -0.139. The monoisotopic (exact) mass is 418 g/mol. The smallest absolute Gasteiger partial charge is 0.338 e. The van der Waals surface area contributed by atoms with Crippen LogP contribution in [0, 0.1) is 5.82 Å². The van der Waals surface area contributed by atoms with E-state index in [1.807, 2.05) is 0 Å². The van der Waals surface area contributed by atoms with Crippen LogP contribution in [0.3, 0.4) is 0 Å². The highest BCUT2D eigenvalue weighted by Crippen LogP contribution is 2.32. The molecule has 0 unspecified atom stereocenters. The van der Waals surface area contributed by atoms with Gasteiger partial charge in [0, 0.05) is 17.6 Å². The third-order valence-electron chi connectivity index (χ3n) is 4.46. The number of hydrogen-bond donors (Lipinski definition) is 1. The van der Waals surface area contributed by atoms with Gasteiger partial charge in [0.2, 0.25) is 0 Å². The molecule has 0 aromatic heterocycles. The van der Waals surface area contributed by atoms with Gasteiger partial charge >= 0.3 is 12.0 Å². The molecule has 152 valence electrons. The number of amides is 2. The summed E-state index contributed by atoms with van der Waals surface area (Å²) < 4.78 is 25.4. The van der Waals surface area contributed by atoms with Crippen LogP contribution >= 0.6 is 11.6 Å². The fourth-order valence-electron chi connectivity index (χ4n) is 3.03. The number of halogens is 2. The average Bonchev–Trinajstić information content (AvgIpc) is 2.69. The maximum atomic E-state index is 14.5. The number of carbonyl (C=O) groups is 2. The van der Waals surface area contributed by atoms with E-state index in [1.165, 1.54) is 30.1 Å². The van der Waals surface area contributed by atoms with Gasteiger partial charge in [-0.2, -0.15) is 0 Å². The van der Waals surface area contributed by atoms with Crippen LogP contribution in [-0.2, 0) is 9.53 Å². The molecule has 2 aromatic rings. The number of urea groups is 1. The van der Waals surface area contributed by atoms with Gasteiger partial charge in [0.15, 0.2) is 0 Å². The van der Waals surface area contributed by atoms with E-state index in [0.717, 1.165) is 0 Å². The predicted molar refractivity (Wildman–Crippen MR) is 106 cm³/mol. The number of nitrogens with one attached hydrogen (secondary N) is 1. The van der Waals surface area contributed by atoms with E-state index in [0.29, 0.717) is 10.8 Å². The minimum Gasteiger partial charge on any atom is -0.487 e. The molecule has 0 fully saturated rings. The van der Waals surface area contributed by atoms with Gasteiger partial charge in [-0.3, -0.25) is 4.90 Å². The van der Waals surface area contributed by atoms with Crippen molar-refractivity contribution in [2.45, 2.75) is 13.0 Å². The van der Waals surface area contributed by atoms with E-state index >= 15 is 0 Å². The molecule has 6 nitrogen and oxygen atoms in total. The quantitative estimate of drug-likeness (QED) is 0.718. The van der Waals surface area contributed by atoms with E-state index in [4.69, 9.17) is 21.1 Å². The second-order valence-corrected chi connectivity index (χ2v) is 6.73. The zero-order chi connectivity index (χ0) is 21.0. The summed E-state index contributed by atoms with van der Waals surface area (Å²) in [5, 5.41) is 3.15. The molecule has 1 N–H and O–H groups in total. The van der Waals surface area contributed by atoms with Gasteiger partial charge < -0.3 is 14.8 Å². The Kier molecular flexibility index (Phi) is 6.39. The van der Waals surface area contributed by atoms with Crippen LogP contribution in [0.2, 0.25) is 5.02 Å². The summed E-state index contributed by atoms with van der Waals surface area (Å²) in [5.74, 6) is -0.730. The molecular formula is C21H20ClFN2O4. The lowest BCUT2D eigenvalue weighted by Gasteiger charge is -2.34. The molecule has 0 aliphatic carbocycles. The third-order valence-corrected chi connectivity index (χ3v) is 4.70. The number of esters is 1. The Morgan fingerprint density at radius 3 is 2.69 bits per heavy atom. The topological polar surface area (TPSA) is 67.9 Å². The van der Waals surface area contributed by atoms with E-state index < -0.39 is 23.9 Å². The molecule has 0 radical (unpaired) electrons. The maximum absolute atomic E-state index is 14.5. The summed E-state index contributed by atoms with van der Waals surface area (Å²) >= 11 is 5.98. The highest BCUT2D eigenvalue weighted by atomic mass is 35.5. The van der Waals surface area contributed by atoms with Crippen LogP contribution in [0.4, 0.5) is 9.18 Å². The zero-order valence-corrected chi connectivity index (χ0v) is 16.7. The number of nitrogens with zero attached hydrogens (tertiary/aromatic N) is 1. The number of ether oxygens (including phenoxy) is 2. The second-order valence-electron chi connectivity index (χ2n) is 6.29. The molecule has 0 saturated carbocycles. The Morgan fingerprint density at radius 1 is 1.24 bits per heavy atom. The summed E-state index contributed by atoms with van der Waals surface area (Å²) in [6, 6.07) is 11.2. The molecule has 8 heteroatoms. The molecule has 0 bridgehead atoms. The van der Waals surface area contributed by atoms with Crippen LogP contribution < -0.4 is 10.1 Å². The van der Waals surface area contributed by atoms with E-state index in [2.05, 4.69) is 5.32 Å². The van der Waals surface area contributed by atoms with E-state index in [1.54, 1.807) is 37.3 Å². The predicted octanol–water partition coefficient (Wildman–Crippen LogP) is 4.07. The molecule has 0 spiro atoms. The Labute approximate surface area is 172 Å². The second kappa shape index (κ2) is 8.96. The van der Waals surface area contributed by atoms with Crippen molar-refractivity contribution in [2.75, 3.05) is 20.3 Å².